The van der Waals surface area contributed by atoms with E-state index >= 15 is 4.39 Å². The van der Waals surface area contributed by atoms with Gasteiger partial charge in [0.25, 0.3) is 0 Å². The molecule has 1 aliphatic carbocycles. The van der Waals surface area contributed by atoms with Crippen LogP contribution in [0.4, 0.5) is 33.5 Å². The first-order valence-electron chi connectivity index (χ1n) is 9.81. The standard InChI is InChI=1S/C20H15ClF5N5O2/c21-11-4-7(27)3-8(12(11)20(24,25)26)15-14(23)16-9(5-28-15)18(30-19(32)29-16)31-1-2-33-6-10-13(22)17(10)31/h3-5,10,13,17H,1-2,6,27H2,(H,29,30,32)/t10-,13-,17-/m0/s1. The first-order valence-corrected chi connectivity index (χ1v) is 10.2. The number of nitrogens with zero attached hydrogens (tertiary/aromatic N) is 3. The van der Waals surface area contributed by atoms with Gasteiger partial charge in [-0.25, -0.2) is 13.6 Å². The third-order valence-electron chi connectivity index (χ3n) is 5.80. The first-order chi connectivity index (χ1) is 15.6. The zero-order valence-corrected chi connectivity index (χ0v) is 17.3. The number of pyridine rings is 1. The van der Waals surface area contributed by atoms with E-state index in [1.54, 1.807) is 0 Å². The van der Waals surface area contributed by atoms with Crippen LogP contribution in [0.1, 0.15) is 5.56 Å². The number of aromatic nitrogens is 3. The Kier molecular flexibility index (Phi) is 4.98. The third kappa shape index (κ3) is 3.57. The van der Waals surface area contributed by atoms with Crippen molar-refractivity contribution in [3.8, 4) is 11.3 Å². The average Bonchev–Trinajstić information content (AvgIpc) is 3.41. The summed E-state index contributed by atoms with van der Waals surface area (Å²) in [5.41, 5.74) is 1.44. The Morgan fingerprint density at radius 2 is 2.06 bits per heavy atom. The third-order valence-corrected chi connectivity index (χ3v) is 6.10. The summed E-state index contributed by atoms with van der Waals surface area (Å²) in [7, 11) is 0. The lowest BCUT2D eigenvalue weighted by atomic mass is 10.0. The van der Waals surface area contributed by atoms with Gasteiger partial charge in [-0.2, -0.15) is 18.2 Å². The number of anilines is 2. The van der Waals surface area contributed by atoms with Crippen molar-refractivity contribution < 1.29 is 26.7 Å². The summed E-state index contributed by atoms with van der Waals surface area (Å²) in [5, 5.41) is -0.708. The van der Waals surface area contributed by atoms with Gasteiger partial charge in [-0.05, 0) is 12.1 Å². The van der Waals surface area contributed by atoms with Gasteiger partial charge in [0.2, 0.25) is 0 Å². The van der Waals surface area contributed by atoms with Gasteiger partial charge in [0.05, 0.1) is 40.7 Å². The van der Waals surface area contributed by atoms with Crippen molar-refractivity contribution in [3.63, 3.8) is 0 Å². The van der Waals surface area contributed by atoms with E-state index in [2.05, 4.69) is 15.0 Å². The number of nitrogens with two attached hydrogens (primary N) is 1. The quantitative estimate of drug-likeness (QED) is 0.424. The Morgan fingerprint density at radius 1 is 1.30 bits per heavy atom. The van der Waals surface area contributed by atoms with Crippen molar-refractivity contribution in [1.82, 2.24) is 15.0 Å². The van der Waals surface area contributed by atoms with Crippen molar-refractivity contribution in [1.29, 1.82) is 0 Å². The van der Waals surface area contributed by atoms with E-state index in [0.29, 0.717) is 0 Å². The van der Waals surface area contributed by atoms with Crippen molar-refractivity contribution in [3.05, 3.63) is 45.2 Å². The molecule has 5 rings (SSSR count). The van der Waals surface area contributed by atoms with Crippen LogP contribution in [0.3, 0.4) is 0 Å². The summed E-state index contributed by atoms with van der Waals surface area (Å²) in [5.74, 6) is -1.66. The van der Waals surface area contributed by atoms with Crippen LogP contribution >= 0.6 is 11.6 Å². The molecule has 33 heavy (non-hydrogen) atoms. The molecule has 2 fully saturated rings. The zero-order chi connectivity index (χ0) is 23.7. The molecule has 7 nitrogen and oxygen atoms in total. The van der Waals surface area contributed by atoms with Gasteiger partial charge in [-0.3, -0.25) is 4.98 Å². The molecule has 1 aromatic carbocycles. The van der Waals surface area contributed by atoms with Crippen LogP contribution in [0.25, 0.3) is 22.2 Å². The molecule has 3 aromatic rings. The fourth-order valence-corrected chi connectivity index (χ4v) is 4.60. The van der Waals surface area contributed by atoms with Crippen molar-refractivity contribution >= 4 is 34.0 Å². The van der Waals surface area contributed by atoms with Crippen molar-refractivity contribution in [2.24, 2.45) is 5.92 Å². The van der Waals surface area contributed by atoms with E-state index in [0.717, 1.165) is 18.3 Å². The Morgan fingerprint density at radius 3 is 2.79 bits per heavy atom. The smallest absolute Gasteiger partial charge is 0.399 e. The molecule has 174 valence electrons. The lowest BCUT2D eigenvalue weighted by Crippen LogP contribution is -2.33. The molecular formula is C20H15ClF5N5O2. The number of nitrogens with one attached hydrogen (secondary N) is 1. The van der Waals surface area contributed by atoms with E-state index in [1.807, 2.05) is 0 Å². The molecule has 0 amide bonds. The summed E-state index contributed by atoms with van der Waals surface area (Å²) < 4.78 is 76.2. The van der Waals surface area contributed by atoms with E-state index in [4.69, 9.17) is 22.1 Å². The zero-order valence-electron chi connectivity index (χ0n) is 16.6. The fourth-order valence-electron chi connectivity index (χ4n) is 4.27. The van der Waals surface area contributed by atoms with E-state index in [9.17, 15) is 22.4 Å². The fraction of sp³-hybridized carbons (Fsp3) is 0.350. The molecule has 13 heteroatoms. The predicted molar refractivity (Wildman–Crippen MR) is 110 cm³/mol. The van der Waals surface area contributed by atoms with Gasteiger partial charge >= 0.3 is 11.9 Å². The minimum Gasteiger partial charge on any atom is -0.399 e. The molecule has 1 aliphatic heterocycles. The van der Waals surface area contributed by atoms with Crippen LogP contribution in [0, 0.1) is 11.7 Å². The molecule has 0 bridgehead atoms. The number of aromatic amines is 1. The molecule has 1 saturated carbocycles. The lowest BCUT2D eigenvalue weighted by Gasteiger charge is -2.23. The number of fused-ring (bicyclic) bond motifs is 2. The molecule has 0 radical (unpaired) electrons. The maximum Gasteiger partial charge on any atom is 0.418 e. The van der Waals surface area contributed by atoms with Crippen LogP contribution in [-0.4, -0.2) is 46.9 Å². The van der Waals surface area contributed by atoms with Crippen LogP contribution in [0.5, 0.6) is 0 Å². The molecular weight excluding hydrogens is 473 g/mol. The van der Waals surface area contributed by atoms with Crippen LogP contribution in [0.15, 0.2) is 23.1 Å². The molecule has 1 saturated heterocycles. The maximum atomic E-state index is 15.5. The van der Waals surface area contributed by atoms with Gasteiger partial charge < -0.3 is 20.4 Å². The number of benzene rings is 1. The van der Waals surface area contributed by atoms with Crippen LogP contribution in [0.2, 0.25) is 5.02 Å². The Hall–Kier alpha value is -2.99. The molecule has 2 aliphatic rings. The summed E-state index contributed by atoms with van der Waals surface area (Å²) in [6.45, 7) is 0.636. The van der Waals surface area contributed by atoms with Gasteiger partial charge in [0, 0.05) is 29.9 Å². The number of H-pyrrole nitrogens is 1. The van der Waals surface area contributed by atoms with E-state index in [-0.39, 0.29) is 36.6 Å². The molecule has 3 atom stereocenters. The Balaban J connectivity index is 1.72. The van der Waals surface area contributed by atoms with Crippen molar-refractivity contribution in [2.45, 2.75) is 18.4 Å². The number of halogens is 6. The number of rotatable bonds is 2. The summed E-state index contributed by atoms with van der Waals surface area (Å²) in [4.78, 5) is 23.7. The van der Waals surface area contributed by atoms with Gasteiger partial charge in [0.15, 0.2) is 5.82 Å². The first kappa shape index (κ1) is 21.8. The van der Waals surface area contributed by atoms with E-state index in [1.165, 1.54) is 4.90 Å². The molecule has 0 spiro atoms. The van der Waals surface area contributed by atoms with Crippen molar-refractivity contribution in [2.75, 3.05) is 30.4 Å². The van der Waals surface area contributed by atoms with Crippen LogP contribution in [-0.2, 0) is 10.9 Å². The maximum absolute atomic E-state index is 15.5. The number of nitrogen functional groups attached to an aromatic ring is 1. The summed E-state index contributed by atoms with van der Waals surface area (Å²) >= 11 is 5.77. The Labute approximate surface area is 187 Å². The lowest BCUT2D eigenvalue weighted by molar-refractivity contribution is -0.137. The highest BCUT2D eigenvalue weighted by Gasteiger charge is 2.56. The van der Waals surface area contributed by atoms with Crippen LogP contribution < -0.4 is 16.3 Å². The normalized spacial score (nSPS) is 22.8. The minimum absolute atomic E-state index is 0.0131. The monoisotopic (exact) mass is 487 g/mol. The molecule has 3 N–H and O–H groups in total. The number of alkyl halides is 4. The largest absolute Gasteiger partial charge is 0.418 e. The highest BCUT2D eigenvalue weighted by atomic mass is 35.5. The number of hydrogen-bond acceptors (Lipinski definition) is 6. The average molecular weight is 488 g/mol. The second-order valence-electron chi connectivity index (χ2n) is 7.87. The van der Waals surface area contributed by atoms with Gasteiger partial charge in [0.1, 0.15) is 17.7 Å². The molecule has 2 aromatic heterocycles. The number of ether oxygens (including phenoxy) is 1. The Bertz CT molecular complexity index is 1330. The number of hydrogen-bond donors (Lipinski definition) is 2. The second-order valence-corrected chi connectivity index (χ2v) is 8.27. The highest BCUT2D eigenvalue weighted by molar-refractivity contribution is 6.32. The van der Waals surface area contributed by atoms with Gasteiger partial charge in [-0.1, -0.05) is 11.6 Å². The molecule has 3 heterocycles. The minimum atomic E-state index is -4.93. The SMILES string of the molecule is Nc1cc(Cl)c(C(F)(F)F)c(-c2ncc3c(N4CCOC[C@H]5[C@H](F)[C@H]54)nc(=O)[nH]c3c2F)c1. The highest BCUT2D eigenvalue weighted by Crippen LogP contribution is 2.45. The molecule has 0 unspecified atom stereocenters. The summed E-state index contributed by atoms with van der Waals surface area (Å²) in [6.07, 6.45) is -5.05. The van der Waals surface area contributed by atoms with E-state index < -0.39 is 63.2 Å². The topological polar surface area (TPSA) is 97.1 Å². The predicted octanol–water partition coefficient (Wildman–Crippen LogP) is 3.55. The van der Waals surface area contributed by atoms with Gasteiger partial charge in [-0.15, -0.1) is 0 Å². The second kappa shape index (κ2) is 7.52. The summed E-state index contributed by atoms with van der Waals surface area (Å²) in [6, 6.07) is 1.20.